The Morgan fingerprint density at radius 1 is 1.11 bits per heavy atom. The number of aliphatic carboxylic acids is 1. The Bertz CT molecular complexity index is 1310. The predicted molar refractivity (Wildman–Crippen MR) is 124 cm³/mol. The van der Waals surface area contributed by atoms with Gasteiger partial charge >= 0.3 is 5.97 Å². The normalized spacial score (nSPS) is 20.1. The molecule has 11 heteroatoms. The average molecular weight is 502 g/mol. The second-order valence-electron chi connectivity index (χ2n) is 8.70. The Labute approximate surface area is 203 Å². The van der Waals surface area contributed by atoms with E-state index in [2.05, 4.69) is 15.4 Å². The molecule has 0 amide bonds. The first-order valence-corrected chi connectivity index (χ1v) is 11.3. The van der Waals surface area contributed by atoms with Crippen molar-refractivity contribution in [2.24, 2.45) is 5.10 Å². The third kappa shape index (κ3) is 4.29. The van der Waals surface area contributed by atoms with E-state index in [1.54, 1.807) is 12.1 Å². The highest BCUT2D eigenvalue weighted by molar-refractivity contribution is 6.25. The fourth-order valence-electron chi connectivity index (χ4n) is 4.62. The van der Waals surface area contributed by atoms with Gasteiger partial charge in [-0.05, 0) is 28.8 Å². The second kappa shape index (κ2) is 9.49. The van der Waals surface area contributed by atoms with Crippen molar-refractivity contribution < 1.29 is 32.2 Å². The molecule has 5 rings (SSSR count). The molecule has 2 heterocycles. The van der Waals surface area contributed by atoms with Crippen LogP contribution in [0.15, 0.2) is 47.1 Å². The van der Waals surface area contributed by atoms with Gasteiger partial charge in [-0.1, -0.05) is 24.3 Å². The van der Waals surface area contributed by atoms with Crippen molar-refractivity contribution in [2.45, 2.75) is 12.6 Å². The van der Waals surface area contributed by atoms with Crippen molar-refractivity contribution in [1.29, 1.82) is 0 Å². The molecule has 1 fully saturated rings. The van der Waals surface area contributed by atoms with E-state index >= 15 is 17.6 Å². The molecule has 1 saturated heterocycles. The van der Waals surface area contributed by atoms with Crippen LogP contribution in [0.4, 0.5) is 17.6 Å². The largest absolute Gasteiger partial charge is 0.478 e. The Kier molecular flexibility index (Phi) is 6.37. The summed E-state index contributed by atoms with van der Waals surface area (Å²) in [6, 6.07) is 5.39. The van der Waals surface area contributed by atoms with Crippen molar-refractivity contribution in [1.82, 2.24) is 15.4 Å². The topological polar surface area (TPSA) is 77.4 Å². The van der Waals surface area contributed by atoms with Crippen LogP contribution in [0.5, 0.6) is 0 Å². The molecule has 0 spiro atoms. The number of morpholine rings is 1. The number of benzene rings is 2. The summed E-state index contributed by atoms with van der Waals surface area (Å²) in [5.74, 6) is -7.73. The first kappa shape index (κ1) is 24.2. The number of nitrogens with one attached hydrogen (secondary N) is 1. The van der Waals surface area contributed by atoms with Gasteiger partial charge in [-0.15, -0.1) is 0 Å². The van der Waals surface area contributed by atoms with Gasteiger partial charge in [0.1, 0.15) is 0 Å². The Balaban J connectivity index is 1.55. The molecule has 188 valence electrons. The van der Waals surface area contributed by atoms with E-state index in [1.807, 2.05) is 0 Å². The van der Waals surface area contributed by atoms with Gasteiger partial charge in [0.15, 0.2) is 23.3 Å². The standard InChI is InChI=1S/C25H22F4N4O3/c1-32-30-17-11-15(10-16(25(34)35)24(17)31-32)19-22(28)20(26)18(21(27)23(19)29)14-4-2-3-13(9-14)12-33-5-7-36-8-6-33/h2-4,9-11,17,30H,5-8,12H2,1H3,(H,34,35)/t17-/m0/s1. The van der Waals surface area contributed by atoms with Crippen LogP contribution in [0.1, 0.15) is 11.1 Å². The number of fused-ring (bicyclic) bond motifs is 1. The lowest BCUT2D eigenvalue weighted by Gasteiger charge is -2.26. The Morgan fingerprint density at radius 2 is 1.78 bits per heavy atom. The van der Waals surface area contributed by atoms with Crippen LogP contribution in [0, 0.1) is 23.3 Å². The summed E-state index contributed by atoms with van der Waals surface area (Å²) in [7, 11) is 1.51. The van der Waals surface area contributed by atoms with Crippen LogP contribution in [0.2, 0.25) is 0 Å². The lowest BCUT2D eigenvalue weighted by Crippen LogP contribution is -2.37. The van der Waals surface area contributed by atoms with Crippen molar-refractivity contribution >= 4 is 17.3 Å². The van der Waals surface area contributed by atoms with Crippen molar-refractivity contribution in [3.05, 3.63) is 76.4 Å². The highest BCUT2D eigenvalue weighted by atomic mass is 19.2. The monoisotopic (exact) mass is 502 g/mol. The summed E-state index contributed by atoms with van der Waals surface area (Å²) in [5.41, 5.74) is 1.18. The van der Waals surface area contributed by atoms with Gasteiger partial charge in [0, 0.05) is 26.7 Å². The van der Waals surface area contributed by atoms with E-state index in [0.717, 1.165) is 11.6 Å². The van der Waals surface area contributed by atoms with E-state index in [1.165, 1.54) is 30.4 Å². The first-order valence-electron chi connectivity index (χ1n) is 11.3. The summed E-state index contributed by atoms with van der Waals surface area (Å²) in [6.45, 7) is 3.04. The number of hydrogen-bond donors (Lipinski definition) is 2. The quantitative estimate of drug-likeness (QED) is 0.483. The van der Waals surface area contributed by atoms with Gasteiger partial charge in [-0.25, -0.2) is 32.9 Å². The summed E-state index contributed by atoms with van der Waals surface area (Å²) in [4.78, 5) is 13.8. The highest BCUT2D eigenvalue weighted by Gasteiger charge is 2.35. The number of allylic oxidation sites excluding steroid dienone is 2. The molecule has 36 heavy (non-hydrogen) atoms. The maximum Gasteiger partial charge on any atom is 0.337 e. The lowest BCUT2D eigenvalue weighted by atomic mass is 9.88. The van der Waals surface area contributed by atoms with Crippen LogP contribution in [0.3, 0.4) is 0 Å². The molecule has 3 aliphatic rings. The maximum atomic E-state index is 15.3. The second-order valence-corrected chi connectivity index (χ2v) is 8.70. The first-order chi connectivity index (χ1) is 17.2. The molecule has 0 radical (unpaired) electrons. The number of rotatable bonds is 5. The zero-order valence-corrected chi connectivity index (χ0v) is 19.2. The fraction of sp³-hybridized carbons (Fsp3) is 0.280. The Morgan fingerprint density at radius 3 is 2.44 bits per heavy atom. The number of ether oxygens (including phenoxy) is 1. The van der Waals surface area contributed by atoms with E-state index < -0.39 is 46.4 Å². The molecular weight excluding hydrogens is 480 g/mol. The predicted octanol–water partition coefficient (Wildman–Crippen LogP) is 3.32. The maximum absolute atomic E-state index is 15.3. The fourth-order valence-corrected chi connectivity index (χ4v) is 4.62. The summed E-state index contributed by atoms with van der Waals surface area (Å²) in [5, 5.41) is 14.8. The summed E-state index contributed by atoms with van der Waals surface area (Å²) >= 11 is 0. The minimum Gasteiger partial charge on any atom is -0.478 e. The number of hydrazine groups is 1. The van der Waals surface area contributed by atoms with E-state index in [9.17, 15) is 9.90 Å². The molecule has 0 bridgehead atoms. The summed E-state index contributed by atoms with van der Waals surface area (Å²) in [6.07, 6.45) is 2.24. The smallest absolute Gasteiger partial charge is 0.337 e. The molecule has 1 aliphatic carbocycles. The van der Waals surface area contributed by atoms with Gasteiger partial charge in [0.25, 0.3) is 0 Å². The molecule has 1 atom stereocenters. The highest BCUT2D eigenvalue weighted by Crippen LogP contribution is 2.37. The van der Waals surface area contributed by atoms with Crippen LogP contribution >= 0.6 is 0 Å². The van der Waals surface area contributed by atoms with Gasteiger partial charge in [0.2, 0.25) is 0 Å². The van der Waals surface area contributed by atoms with E-state index in [4.69, 9.17) is 4.74 Å². The van der Waals surface area contributed by atoms with Crippen LogP contribution in [-0.4, -0.2) is 66.2 Å². The number of hydrogen-bond acceptors (Lipinski definition) is 6. The Hall–Kier alpha value is -3.54. The van der Waals surface area contributed by atoms with Gasteiger partial charge < -0.3 is 9.84 Å². The third-order valence-electron chi connectivity index (χ3n) is 6.31. The minimum absolute atomic E-state index is 0.00648. The number of carboxylic acids is 1. The van der Waals surface area contributed by atoms with Gasteiger partial charge in [-0.3, -0.25) is 4.90 Å². The number of halogens is 4. The summed E-state index contributed by atoms with van der Waals surface area (Å²) < 4.78 is 66.5. The number of carboxylic acid groups (broad SMARTS) is 1. The molecule has 0 unspecified atom stereocenters. The molecule has 7 nitrogen and oxygen atoms in total. The minimum atomic E-state index is -1.61. The number of nitrogens with zero attached hydrogens (tertiary/aromatic N) is 3. The molecule has 0 aromatic heterocycles. The van der Waals surface area contributed by atoms with Crippen LogP contribution in [0.25, 0.3) is 16.7 Å². The zero-order chi connectivity index (χ0) is 25.6. The average Bonchev–Trinajstić information content (AvgIpc) is 3.23. The lowest BCUT2D eigenvalue weighted by molar-refractivity contribution is -0.132. The SMILES string of the molecule is CN1N=C2C(C(=O)O)=CC(c3c(F)c(F)c(-c4cccc(CN5CCOCC5)c4)c(F)c3F)=C[C@@H]2N1. The van der Waals surface area contributed by atoms with Crippen molar-refractivity contribution in [2.75, 3.05) is 33.4 Å². The van der Waals surface area contributed by atoms with Crippen molar-refractivity contribution in [3.63, 3.8) is 0 Å². The zero-order valence-electron chi connectivity index (χ0n) is 19.2. The molecule has 2 aromatic rings. The molecule has 0 saturated carbocycles. The van der Waals surface area contributed by atoms with Crippen LogP contribution < -0.4 is 5.43 Å². The number of carbonyl (C=O) groups is 1. The van der Waals surface area contributed by atoms with Gasteiger partial charge in [-0.2, -0.15) is 5.10 Å². The van der Waals surface area contributed by atoms with E-state index in [-0.39, 0.29) is 22.4 Å². The number of hydrazone groups is 1. The molecule has 2 aliphatic heterocycles. The van der Waals surface area contributed by atoms with Crippen molar-refractivity contribution in [3.8, 4) is 11.1 Å². The van der Waals surface area contributed by atoms with E-state index in [0.29, 0.717) is 32.8 Å². The van der Waals surface area contributed by atoms with Gasteiger partial charge in [0.05, 0.1) is 41.7 Å². The molecular formula is C25H22F4N4O3. The van der Waals surface area contributed by atoms with Crippen LogP contribution in [-0.2, 0) is 16.1 Å². The molecule has 2 aromatic carbocycles. The third-order valence-corrected chi connectivity index (χ3v) is 6.31. The molecule has 2 N–H and O–H groups in total.